The number of carboxylic acids is 1. The highest BCUT2D eigenvalue weighted by atomic mass is 16.5. The van der Waals surface area contributed by atoms with Gasteiger partial charge in [-0.1, -0.05) is 30.3 Å². The van der Waals surface area contributed by atoms with Gasteiger partial charge in [0, 0.05) is 0 Å². The van der Waals surface area contributed by atoms with Gasteiger partial charge in [-0.2, -0.15) is 0 Å². The highest BCUT2D eigenvalue weighted by Crippen LogP contribution is 2.34. The predicted octanol–water partition coefficient (Wildman–Crippen LogP) is 2.08. The average molecular weight is 311 g/mol. The van der Waals surface area contributed by atoms with Crippen LogP contribution in [0.15, 0.2) is 42.5 Å². The highest BCUT2D eigenvalue weighted by molar-refractivity contribution is 5.68. The number of ether oxygens (including phenoxy) is 1. The Kier molecular flexibility index (Phi) is 4.28. The van der Waals surface area contributed by atoms with Crippen molar-refractivity contribution in [2.75, 3.05) is 6.61 Å². The third-order valence-electron chi connectivity index (χ3n) is 4.05. The van der Waals surface area contributed by atoms with Crippen LogP contribution >= 0.6 is 0 Å². The first kappa shape index (κ1) is 15.1. The Hall–Kier alpha value is -2.82. The molecule has 0 aromatic heterocycles. The standard InChI is InChI=1S/C18H17NO4/c20-11-19-18-15-4-2-1-3-12(15)5-6-13-9-14(7-8-16(13)18)23-10-17(21)22/h1-4,7-9,11,18H,5-6,10H2,(H,19,20)(H,21,22). The summed E-state index contributed by atoms with van der Waals surface area (Å²) in [5.74, 6) is -0.477. The molecule has 0 bridgehead atoms. The van der Waals surface area contributed by atoms with Gasteiger partial charge in [0.1, 0.15) is 5.75 Å². The lowest BCUT2D eigenvalue weighted by molar-refractivity contribution is -0.139. The van der Waals surface area contributed by atoms with Gasteiger partial charge in [0.2, 0.25) is 6.41 Å². The van der Waals surface area contributed by atoms with Crippen LogP contribution in [-0.2, 0) is 22.4 Å². The van der Waals surface area contributed by atoms with Crippen molar-refractivity contribution in [3.8, 4) is 5.75 Å². The minimum absolute atomic E-state index is 0.199. The van der Waals surface area contributed by atoms with E-state index < -0.39 is 5.97 Å². The van der Waals surface area contributed by atoms with Gasteiger partial charge in [0.25, 0.3) is 0 Å². The van der Waals surface area contributed by atoms with E-state index >= 15 is 0 Å². The van der Waals surface area contributed by atoms with E-state index in [9.17, 15) is 9.59 Å². The number of hydrogen-bond acceptors (Lipinski definition) is 3. The van der Waals surface area contributed by atoms with Crippen molar-refractivity contribution >= 4 is 12.4 Å². The number of aryl methyl sites for hydroxylation is 2. The molecular weight excluding hydrogens is 294 g/mol. The summed E-state index contributed by atoms with van der Waals surface area (Å²) in [5.41, 5.74) is 4.38. The van der Waals surface area contributed by atoms with Crippen molar-refractivity contribution in [3.05, 3.63) is 64.7 Å². The van der Waals surface area contributed by atoms with Crippen LogP contribution < -0.4 is 10.1 Å². The van der Waals surface area contributed by atoms with E-state index in [-0.39, 0.29) is 12.6 Å². The third-order valence-corrected chi connectivity index (χ3v) is 4.05. The molecule has 2 N–H and O–H groups in total. The molecule has 1 unspecified atom stereocenters. The zero-order valence-electron chi connectivity index (χ0n) is 12.5. The molecule has 118 valence electrons. The predicted molar refractivity (Wildman–Crippen MR) is 84.5 cm³/mol. The Balaban J connectivity index is 1.98. The van der Waals surface area contributed by atoms with Gasteiger partial charge in [-0.25, -0.2) is 4.79 Å². The van der Waals surface area contributed by atoms with Gasteiger partial charge in [-0.3, -0.25) is 4.79 Å². The zero-order chi connectivity index (χ0) is 16.2. The summed E-state index contributed by atoms with van der Waals surface area (Å²) in [7, 11) is 0. The summed E-state index contributed by atoms with van der Waals surface area (Å²) in [4.78, 5) is 21.7. The van der Waals surface area contributed by atoms with Gasteiger partial charge in [-0.15, -0.1) is 0 Å². The van der Waals surface area contributed by atoms with Gasteiger partial charge in [0.05, 0.1) is 6.04 Å². The molecule has 0 aliphatic heterocycles. The number of nitrogens with one attached hydrogen (secondary N) is 1. The van der Waals surface area contributed by atoms with E-state index in [2.05, 4.69) is 11.4 Å². The van der Waals surface area contributed by atoms with Crippen molar-refractivity contribution in [2.24, 2.45) is 0 Å². The van der Waals surface area contributed by atoms with Crippen LogP contribution in [0.4, 0.5) is 0 Å². The van der Waals surface area contributed by atoms with Crippen molar-refractivity contribution in [2.45, 2.75) is 18.9 Å². The Bertz CT molecular complexity index is 742. The number of aliphatic carboxylic acids is 1. The molecular formula is C18H17NO4. The van der Waals surface area contributed by atoms with E-state index in [1.807, 2.05) is 30.3 Å². The molecule has 1 aliphatic rings. The van der Waals surface area contributed by atoms with Gasteiger partial charge >= 0.3 is 5.97 Å². The fraction of sp³-hybridized carbons (Fsp3) is 0.222. The van der Waals surface area contributed by atoms with Crippen LogP contribution in [0.5, 0.6) is 5.75 Å². The summed E-state index contributed by atoms with van der Waals surface area (Å²) in [5, 5.41) is 11.6. The summed E-state index contributed by atoms with van der Waals surface area (Å²) < 4.78 is 5.26. The lowest BCUT2D eigenvalue weighted by Gasteiger charge is -2.20. The lowest BCUT2D eigenvalue weighted by Crippen LogP contribution is -2.21. The van der Waals surface area contributed by atoms with Gasteiger partial charge < -0.3 is 15.2 Å². The average Bonchev–Trinajstić information content (AvgIpc) is 2.71. The van der Waals surface area contributed by atoms with E-state index in [0.717, 1.165) is 29.5 Å². The number of carbonyl (C=O) groups excluding carboxylic acids is 1. The SMILES string of the molecule is O=CNC1c2ccccc2CCc2cc(OCC(=O)O)ccc21. The van der Waals surface area contributed by atoms with E-state index in [4.69, 9.17) is 9.84 Å². The maximum atomic E-state index is 11.0. The second kappa shape index (κ2) is 6.52. The molecule has 0 saturated carbocycles. The molecule has 0 fully saturated rings. The minimum Gasteiger partial charge on any atom is -0.482 e. The summed E-state index contributed by atoms with van der Waals surface area (Å²) in [6, 6.07) is 13.4. The van der Waals surface area contributed by atoms with E-state index in [0.29, 0.717) is 12.2 Å². The van der Waals surface area contributed by atoms with Crippen LogP contribution in [0.2, 0.25) is 0 Å². The van der Waals surface area contributed by atoms with E-state index in [1.54, 1.807) is 6.07 Å². The summed E-state index contributed by atoms with van der Waals surface area (Å²) >= 11 is 0. The largest absolute Gasteiger partial charge is 0.482 e. The Morgan fingerprint density at radius 1 is 1.17 bits per heavy atom. The molecule has 2 aromatic carbocycles. The molecule has 0 saturated heterocycles. The molecule has 23 heavy (non-hydrogen) atoms. The van der Waals surface area contributed by atoms with Crippen LogP contribution in [0.3, 0.4) is 0 Å². The number of carbonyl (C=O) groups is 2. The first-order chi connectivity index (χ1) is 11.2. The molecule has 5 nitrogen and oxygen atoms in total. The van der Waals surface area contributed by atoms with Crippen molar-refractivity contribution < 1.29 is 19.4 Å². The number of hydrogen-bond donors (Lipinski definition) is 2. The first-order valence-electron chi connectivity index (χ1n) is 7.44. The quantitative estimate of drug-likeness (QED) is 0.829. The maximum absolute atomic E-state index is 11.0. The lowest BCUT2D eigenvalue weighted by atomic mass is 9.95. The Morgan fingerprint density at radius 2 is 1.91 bits per heavy atom. The van der Waals surface area contributed by atoms with Crippen molar-refractivity contribution in [3.63, 3.8) is 0 Å². The van der Waals surface area contributed by atoms with Crippen LogP contribution in [0.1, 0.15) is 28.3 Å². The van der Waals surface area contributed by atoms with Crippen molar-refractivity contribution in [1.29, 1.82) is 0 Å². The molecule has 1 amide bonds. The smallest absolute Gasteiger partial charge is 0.341 e. The second-order valence-corrected chi connectivity index (χ2v) is 5.46. The molecule has 1 atom stereocenters. The number of amides is 1. The first-order valence-corrected chi connectivity index (χ1v) is 7.44. The molecule has 0 radical (unpaired) electrons. The summed E-state index contributed by atoms with van der Waals surface area (Å²) in [6.07, 6.45) is 2.39. The fourth-order valence-electron chi connectivity index (χ4n) is 3.04. The molecule has 1 aliphatic carbocycles. The molecule has 5 heteroatoms. The Morgan fingerprint density at radius 3 is 2.70 bits per heavy atom. The van der Waals surface area contributed by atoms with Crippen molar-refractivity contribution in [1.82, 2.24) is 5.32 Å². The summed E-state index contributed by atoms with van der Waals surface area (Å²) in [6.45, 7) is -0.366. The van der Waals surface area contributed by atoms with E-state index in [1.165, 1.54) is 5.56 Å². The van der Waals surface area contributed by atoms with Crippen LogP contribution in [0.25, 0.3) is 0 Å². The monoisotopic (exact) mass is 311 g/mol. The normalized spacial score (nSPS) is 15.7. The number of benzene rings is 2. The zero-order valence-corrected chi connectivity index (χ0v) is 12.5. The molecule has 0 heterocycles. The highest BCUT2D eigenvalue weighted by Gasteiger charge is 2.23. The number of rotatable bonds is 5. The van der Waals surface area contributed by atoms with Crippen LogP contribution in [-0.4, -0.2) is 24.1 Å². The second-order valence-electron chi connectivity index (χ2n) is 5.46. The maximum Gasteiger partial charge on any atom is 0.341 e. The topological polar surface area (TPSA) is 75.6 Å². The van der Waals surface area contributed by atoms with Gasteiger partial charge in [-0.05, 0) is 47.2 Å². The molecule has 2 aromatic rings. The third kappa shape index (κ3) is 3.18. The molecule has 3 rings (SSSR count). The van der Waals surface area contributed by atoms with Gasteiger partial charge in [0.15, 0.2) is 6.61 Å². The molecule has 0 spiro atoms. The van der Waals surface area contributed by atoms with Crippen LogP contribution in [0, 0.1) is 0 Å². The number of carboxylic acid groups (broad SMARTS) is 1. The fourth-order valence-corrected chi connectivity index (χ4v) is 3.04. The minimum atomic E-state index is -1.01. The Labute approximate surface area is 133 Å². The number of fused-ring (bicyclic) bond motifs is 2.